The number of hydrogen-bond acceptors (Lipinski definition) is 5. The molecule has 1 heterocycles. The highest BCUT2D eigenvalue weighted by Crippen LogP contribution is 2.31. The lowest BCUT2D eigenvalue weighted by molar-refractivity contribution is -0.122. The van der Waals surface area contributed by atoms with Crippen molar-refractivity contribution in [2.45, 2.75) is 72.4 Å². The smallest absolute Gasteiger partial charge is 0.262 e. The maximum Gasteiger partial charge on any atom is 0.262 e. The van der Waals surface area contributed by atoms with Crippen molar-refractivity contribution in [3.05, 3.63) is 27.3 Å². The molecule has 0 saturated heterocycles. The molecule has 3 rings (SSSR count). The molecule has 7 nitrogen and oxygen atoms in total. The van der Waals surface area contributed by atoms with E-state index in [0.717, 1.165) is 12.8 Å². The van der Waals surface area contributed by atoms with E-state index in [1.165, 1.54) is 11.0 Å². The molecule has 176 valence electrons. The molecule has 8 heteroatoms. The van der Waals surface area contributed by atoms with Gasteiger partial charge in [-0.15, -0.1) is 0 Å². The van der Waals surface area contributed by atoms with E-state index in [1.807, 2.05) is 13.8 Å². The normalized spacial score (nSPS) is 20.8. The van der Waals surface area contributed by atoms with E-state index in [9.17, 15) is 9.59 Å². The van der Waals surface area contributed by atoms with Crippen LogP contribution in [-0.2, 0) is 11.3 Å². The molecule has 0 unspecified atom stereocenters. The summed E-state index contributed by atoms with van der Waals surface area (Å²) >= 11 is 5.43. The number of H-pyrrole nitrogens is 1. The second kappa shape index (κ2) is 11.0. The van der Waals surface area contributed by atoms with E-state index in [-0.39, 0.29) is 17.5 Å². The van der Waals surface area contributed by atoms with Crippen molar-refractivity contribution in [1.29, 1.82) is 0 Å². The van der Waals surface area contributed by atoms with Gasteiger partial charge in [0, 0.05) is 25.1 Å². The lowest BCUT2D eigenvalue weighted by Crippen LogP contribution is -2.43. The average molecular weight is 462 g/mol. The van der Waals surface area contributed by atoms with Crippen LogP contribution in [0, 0.1) is 16.6 Å². The third-order valence-corrected chi connectivity index (χ3v) is 6.81. The molecule has 1 amide bonds. The summed E-state index contributed by atoms with van der Waals surface area (Å²) in [5, 5.41) is 3.68. The number of aromatic nitrogens is 2. The summed E-state index contributed by atoms with van der Waals surface area (Å²) < 4.78 is 13.2. The number of hydrogen-bond donors (Lipinski definition) is 2. The van der Waals surface area contributed by atoms with Crippen LogP contribution < -0.4 is 20.3 Å². The van der Waals surface area contributed by atoms with Crippen molar-refractivity contribution in [1.82, 2.24) is 14.9 Å². The number of fused-ring (bicyclic) bond motifs is 1. The Hall–Kier alpha value is -2.35. The first-order valence-electron chi connectivity index (χ1n) is 11.7. The quantitative estimate of drug-likeness (QED) is 0.534. The van der Waals surface area contributed by atoms with Gasteiger partial charge in [0.2, 0.25) is 5.91 Å². The minimum Gasteiger partial charge on any atom is -0.490 e. The molecule has 1 aromatic carbocycles. The average Bonchev–Trinajstić information content (AvgIpc) is 2.75. The monoisotopic (exact) mass is 461 g/mol. The molecule has 1 aromatic heterocycles. The summed E-state index contributed by atoms with van der Waals surface area (Å²) in [5.74, 6) is 2.28. The Labute approximate surface area is 194 Å². The molecule has 0 aliphatic heterocycles. The Kier molecular flexibility index (Phi) is 8.34. The van der Waals surface area contributed by atoms with Crippen LogP contribution in [0.25, 0.3) is 10.9 Å². The van der Waals surface area contributed by atoms with Crippen LogP contribution in [0.5, 0.6) is 11.5 Å². The molecule has 3 atom stereocenters. The first-order valence-corrected chi connectivity index (χ1v) is 12.1. The first kappa shape index (κ1) is 24.3. The van der Waals surface area contributed by atoms with E-state index in [0.29, 0.717) is 71.6 Å². The molecule has 1 fully saturated rings. The molecule has 2 aromatic rings. The summed E-state index contributed by atoms with van der Waals surface area (Å²) in [4.78, 5) is 28.7. The SMILES string of the molecule is CCOc1cc2[nH]c(=S)n(CCCC(=O)N[C@@H]3CCC[C@H](C)[C@@H]3C)c(=O)c2cc1OCC. The van der Waals surface area contributed by atoms with Crippen molar-refractivity contribution in [2.75, 3.05) is 13.2 Å². The van der Waals surface area contributed by atoms with Gasteiger partial charge in [0.25, 0.3) is 5.56 Å². The van der Waals surface area contributed by atoms with Crippen LogP contribution in [-0.4, -0.2) is 34.7 Å². The van der Waals surface area contributed by atoms with E-state index < -0.39 is 0 Å². The van der Waals surface area contributed by atoms with Gasteiger partial charge in [0.1, 0.15) is 0 Å². The Morgan fingerprint density at radius 3 is 2.56 bits per heavy atom. The fraction of sp³-hybridized carbons (Fsp3) is 0.625. The molecule has 0 spiro atoms. The number of amides is 1. The highest BCUT2D eigenvalue weighted by atomic mass is 32.1. The summed E-state index contributed by atoms with van der Waals surface area (Å²) in [6.07, 6.45) is 4.34. The largest absolute Gasteiger partial charge is 0.490 e. The number of rotatable bonds is 9. The molecule has 2 N–H and O–H groups in total. The highest BCUT2D eigenvalue weighted by molar-refractivity contribution is 7.71. The summed E-state index contributed by atoms with van der Waals surface area (Å²) in [7, 11) is 0. The van der Waals surface area contributed by atoms with Gasteiger partial charge >= 0.3 is 0 Å². The summed E-state index contributed by atoms with van der Waals surface area (Å²) in [6.45, 7) is 9.59. The fourth-order valence-electron chi connectivity index (χ4n) is 4.46. The van der Waals surface area contributed by atoms with E-state index in [1.54, 1.807) is 12.1 Å². The summed E-state index contributed by atoms with van der Waals surface area (Å²) in [6, 6.07) is 3.70. The third kappa shape index (κ3) is 5.52. The number of benzene rings is 1. The predicted octanol–water partition coefficient (Wildman–Crippen LogP) is 4.58. The molecule has 1 aliphatic carbocycles. The Balaban J connectivity index is 1.71. The zero-order valence-corrected chi connectivity index (χ0v) is 20.3. The van der Waals surface area contributed by atoms with Gasteiger partial charge in [-0.3, -0.25) is 14.2 Å². The number of ether oxygens (including phenoxy) is 2. The van der Waals surface area contributed by atoms with Crippen LogP contribution in [0.3, 0.4) is 0 Å². The number of carbonyl (C=O) groups is 1. The number of carbonyl (C=O) groups excluding carboxylic acids is 1. The van der Waals surface area contributed by atoms with Gasteiger partial charge in [0.05, 0.1) is 24.1 Å². The van der Waals surface area contributed by atoms with E-state index in [4.69, 9.17) is 21.7 Å². The first-order chi connectivity index (χ1) is 15.3. The van der Waals surface area contributed by atoms with Crippen LogP contribution in [0.15, 0.2) is 16.9 Å². The number of aromatic amines is 1. The van der Waals surface area contributed by atoms with Gasteiger partial charge in [0.15, 0.2) is 16.3 Å². The standard InChI is InChI=1S/C24H35N3O4S/c1-5-30-20-13-17-19(14-21(20)31-6-2)26-24(32)27(23(17)29)12-8-11-22(28)25-18-10-7-9-15(3)16(18)4/h13-16,18H,5-12H2,1-4H3,(H,25,28)(H,26,32)/t15-,16-,18+/m0/s1. The van der Waals surface area contributed by atoms with Crippen molar-refractivity contribution >= 4 is 29.0 Å². The van der Waals surface area contributed by atoms with Gasteiger partial charge in [-0.2, -0.15) is 0 Å². The van der Waals surface area contributed by atoms with Gasteiger partial charge < -0.3 is 19.8 Å². The van der Waals surface area contributed by atoms with Crippen molar-refractivity contribution in [3.8, 4) is 11.5 Å². The molecule has 32 heavy (non-hydrogen) atoms. The molecule has 0 bridgehead atoms. The van der Waals surface area contributed by atoms with Crippen LogP contribution in [0.1, 0.15) is 59.8 Å². The van der Waals surface area contributed by atoms with Crippen LogP contribution in [0.4, 0.5) is 0 Å². The predicted molar refractivity (Wildman–Crippen MR) is 129 cm³/mol. The third-order valence-electron chi connectivity index (χ3n) is 6.48. The van der Waals surface area contributed by atoms with E-state index in [2.05, 4.69) is 24.1 Å². The fourth-order valence-corrected chi connectivity index (χ4v) is 4.75. The zero-order chi connectivity index (χ0) is 23.3. The second-order valence-electron chi connectivity index (χ2n) is 8.64. The molecular weight excluding hydrogens is 426 g/mol. The van der Waals surface area contributed by atoms with E-state index >= 15 is 0 Å². The van der Waals surface area contributed by atoms with Crippen molar-refractivity contribution < 1.29 is 14.3 Å². The zero-order valence-electron chi connectivity index (χ0n) is 19.5. The maximum atomic E-state index is 13.1. The lowest BCUT2D eigenvalue weighted by atomic mass is 9.78. The second-order valence-corrected chi connectivity index (χ2v) is 9.03. The maximum absolute atomic E-state index is 13.1. The molecule has 1 aliphatic rings. The molecular formula is C24H35N3O4S. The van der Waals surface area contributed by atoms with Gasteiger partial charge in [-0.25, -0.2) is 0 Å². The minimum absolute atomic E-state index is 0.0414. The number of nitrogens with one attached hydrogen (secondary N) is 2. The molecule has 1 saturated carbocycles. The lowest BCUT2D eigenvalue weighted by Gasteiger charge is -2.34. The van der Waals surface area contributed by atoms with Crippen molar-refractivity contribution in [2.24, 2.45) is 11.8 Å². The van der Waals surface area contributed by atoms with Crippen molar-refractivity contribution in [3.63, 3.8) is 0 Å². The number of nitrogens with zero attached hydrogens (tertiary/aromatic N) is 1. The van der Waals surface area contributed by atoms with Crippen LogP contribution in [0.2, 0.25) is 0 Å². The Morgan fingerprint density at radius 1 is 1.19 bits per heavy atom. The van der Waals surface area contributed by atoms with Crippen LogP contribution >= 0.6 is 12.2 Å². The molecule has 0 radical (unpaired) electrons. The topological polar surface area (TPSA) is 85.4 Å². The highest BCUT2D eigenvalue weighted by Gasteiger charge is 2.27. The Morgan fingerprint density at radius 2 is 1.88 bits per heavy atom. The van der Waals surface area contributed by atoms with Gasteiger partial charge in [-0.05, 0) is 56.8 Å². The Bertz CT molecular complexity index is 1060. The minimum atomic E-state index is -0.192. The summed E-state index contributed by atoms with van der Waals surface area (Å²) in [5.41, 5.74) is 0.421. The van der Waals surface area contributed by atoms with Gasteiger partial charge in [-0.1, -0.05) is 26.7 Å².